The van der Waals surface area contributed by atoms with Crippen molar-refractivity contribution in [2.24, 2.45) is 5.73 Å². The lowest BCUT2D eigenvalue weighted by Gasteiger charge is -2.24. The van der Waals surface area contributed by atoms with E-state index in [1.807, 2.05) is 19.6 Å². The van der Waals surface area contributed by atoms with Crippen molar-refractivity contribution in [1.29, 1.82) is 0 Å². The fraction of sp³-hybridized carbons (Fsp3) is 0.357. The summed E-state index contributed by atoms with van der Waals surface area (Å²) in [5.74, 6) is -1.24. The summed E-state index contributed by atoms with van der Waals surface area (Å²) < 4.78 is 25.2. The zero-order valence-electron chi connectivity index (χ0n) is 12.3. The summed E-state index contributed by atoms with van der Waals surface area (Å²) in [4.78, 5) is 12.6. The highest BCUT2D eigenvalue weighted by molar-refractivity contribution is 6.70. The normalized spacial score (nSPS) is 22.5. The van der Waals surface area contributed by atoms with Crippen LogP contribution >= 0.6 is 11.6 Å². The summed E-state index contributed by atoms with van der Waals surface area (Å²) in [6.45, 7) is 7.21. The predicted molar refractivity (Wildman–Crippen MR) is 80.5 cm³/mol. The summed E-state index contributed by atoms with van der Waals surface area (Å²) >= 11 is 5.73. The molecule has 2 N–H and O–H groups in total. The fourth-order valence-corrected chi connectivity index (χ4v) is 3.06. The Labute approximate surface area is 128 Å². The molecule has 0 aliphatic carbocycles. The lowest BCUT2D eigenvalue weighted by atomic mass is 9.91. The Hall–Kier alpha value is -1.53. The third-order valence-electron chi connectivity index (χ3n) is 3.03. The van der Waals surface area contributed by atoms with E-state index in [1.165, 1.54) is 19.1 Å². The first kappa shape index (κ1) is 15.8. The number of benzene rings is 1. The van der Waals surface area contributed by atoms with Gasteiger partial charge in [0.2, 0.25) is 31.3 Å². The maximum Gasteiger partial charge on any atom is 0.249 e. The molecule has 0 saturated heterocycles. The molecule has 0 bridgehead atoms. The van der Waals surface area contributed by atoms with Gasteiger partial charge in [0.25, 0.3) is 0 Å². The Morgan fingerprint density at radius 3 is 2.52 bits per heavy atom. The van der Waals surface area contributed by atoms with E-state index in [4.69, 9.17) is 26.5 Å². The van der Waals surface area contributed by atoms with Crippen LogP contribution in [-0.2, 0) is 19.6 Å². The molecule has 1 atom stereocenters. The van der Waals surface area contributed by atoms with Gasteiger partial charge >= 0.3 is 0 Å². The number of hydrogen-bond donors (Lipinski definition) is 1. The second kappa shape index (κ2) is 5.03. The standard InChI is InChI=1S/C14H17ClFNO3Si/c1-14(9-6-5-8(15)7-10(9)16)12(18)11(13(17)19-14)20-21(2,3)4/h5-7H,17H2,1-4H3. The maximum atomic E-state index is 14.1. The van der Waals surface area contributed by atoms with Crippen molar-refractivity contribution in [2.45, 2.75) is 32.2 Å². The second-order valence-electron chi connectivity index (χ2n) is 6.00. The Balaban J connectivity index is 2.41. The molecule has 1 aliphatic heterocycles. The summed E-state index contributed by atoms with van der Waals surface area (Å²) in [6, 6.07) is 4.04. The van der Waals surface area contributed by atoms with E-state index in [0.717, 1.165) is 6.07 Å². The molecular weight excluding hydrogens is 313 g/mol. The van der Waals surface area contributed by atoms with Crippen LogP contribution in [0.5, 0.6) is 0 Å². The van der Waals surface area contributed by atoms with Gasteiger partial charge in [-0.15, -0.1) is 0 Å². The lowest BCUT2D eigenvalue weighted by Crippen LogP contribution is -2.35. The summed E-state index contributed by atoms with van der Waals surface area (Å²) in [5, 5.41) is 0.241. The molecule has 0 aromatic heterocycles. The quantitative estimate of drug-likeness (QED) is 0.864. The average Bonchev–Trinajstić information content (AvgIpc) is 2.52. The third kappa shape index (κ3) is 2.91. The van der Waals surface area contributed by atoms with Gasteiger partial charge in [-0.05, 0) is 38.7 Å². The van der Waals surface area contributed by atoms with Crippen molar-refractivity contribution in [3.05, 3.63) is 46.2 Å². The molecule has 1 aromatic rings. The highest BCUT2D eigenvalue weighted by Gasteiger charge is 2.50. The van der Waals surface area contributed by atoms with Crippen LogP contribution in [0.15, 0.2) is 29.8 Å². The van der Waals surface area contributed by atoms with Crippen LogP contribution in [0.3, 0.4) is 0 Å². The molecular formula is C14H17ClFNO3Si. The first-order valence-corrected chi connectivity index (χ1v) is 10.2. The third-order valence-corrected chi connectivity index (χ3v) is 4.08. The molecule has 1 unspecified atom stereocenters. The van der Waals surface area contributed by atoms with Crippen molar-refractivity contribution >= 4 is 25.7 Å². The van der Waals surface area contributed by atoms with Gasteiger partial charge in [0, 0.05) is 10.6 Å². The number of carbonyl (C=O) groups is 1. The molecule has 0 fully saturated rings. The van der Waals surface area contributed by atoms with Gasteiger partial charge in [-0.25, -0.2) is 4.39 Å². The molecule has 1 heterocycles. The van der Waals surface area contributed by atoms with Crippen molar-refractivity contribution in [2.75, 3.05) is 0 Å². The van der Waals surface area contributed by atoms with Crippen molar-refractivity contribution in [1.82, 2.24) is 0 Å². The van der Waals surface area contributed by atoms with Crippen molar-refractivity contribution in [3.8, 4) is 0 Å². The Morgan fingerprint density at radius 2 is 2.00 bits per heavy atom. The first-order valence-electron chi connectivity index (χ1n) is 6.43. The molecule has 1 aromatic carbocycles. The topological polar surface area (TPSA) is 61.6 Å². The van der Waals surface area contributed by atoms with E-state index < -0.39 is 25.5 Å². The number of Topliss-reactive ketones (excluding diaryl/α,β-unsaturated/α-hetero) is 1. The largest absolute Gasteiger partial charge is 0.538 e. The lowest BCUT2D eigenvalue weighted by molar-refractivity contribution is -0.131. The van der Waals surface area contributed by atoms with E-state index in [0.29, 0.717) is 0 Å². The molecule has 0 amide bonds. The number of carbonyl (C=O) groups excluding carboxylic acids is 1. The molecule has 21 heavy (non-hydrogen) atoms. The molecule has 1 aliphatic rings. The van der Waals surface area contributed by atoms with E-state index in [9.17, 15) is 9.18 Å². The Morgan fingerprint density at radius 1 is 1.38 bits per heavy atom. The molecule has 114 valence electrons. The minimum Gasteiger partial charge on any atom is -0.538 e. The SMILES string of the molecule is CC1(c2ccc(Cl)cc2F)OC(N)=C(O[Si](C)(C)C)C1=O. The molecule has 2 rings (SSSR count). The second-order valence-corrected chi connectivity index (χ2v) is 10.9. The van der Waals surface area contributed by atoms with E-state index in [2.05, 4.69) is 0 Å². The van der Waals surface area contributed by atoms with Crippen LogP contribution in [0.4, 0.5) is 4.39 Å². The van der Waals surface area contributed by atoms with E-state index >= 15 is 0 Å². The minimum atomic E-state index is -2.05. The Kier molecular flexibility index (Phi) is 3.80. The minimum absolute atomic E-state index is 0.0222. The maximum absolute atomic E-state index is 14.1. The molecule has 0 radical (unpaired) electrons. The average molecular weight is 330 g/mol. The van der Waals surface area contributed by atoms with Gasteiger partial charge in [-0.3, -0.25) is 4.79 Å². The smallest absolute Gasteiger partial charge is 0.249 e. The predicted octanol–water partition coefficient (Wildman–Crippen LogP) is 3.27. The van der Waals surface area contributed by atoms with Crippen molar-refractivity contribution in [3.63, 3.8) is 0 Å². The summed E-state index contributed by atoms with van der Waals surface area (Å²) in [5.41, 5.74) is 4.30. The van der Waals surface area contributed by atoms with E-state index in [-0.39, 0.29) is 22.2 Å². The van der Waals surface area contributed by atoms with E-state index in [1.54, 1.807) is 0 Å². The zero-order chi connectivity index (χ0) is 16.0. The van der Waals surface area contributed by atoms with Gasteiger partial charge in [0.1, 0.15) is 5.82 Å². The number of hydrogen-bond acceptors (Lipinski definition) is 4. The zero-order valence-corrected chi connectivity index (χ0v) is 14.0. The molecule has 0 spiro atoms. The van der Waals surface area contributed by atoms with Gasteiger partial charge in [-0.2, -0.15) is 0 Å². The van der Waals surface area contributed by atoms with Gasteiger partial charge in [-0.1, -0.05) is 17.7 Å². The summed E-state index contributed by atoms with van der Waals surface area (Å²) in [7, 11) is -2.05. The number of nitrogens with two attached hydrogens (primary N) is 1. The van der Waals surface area contributed by atoms with Crippen LogP contribution in [0.2, 0.25) is 24.7 Å². The fourth-order valence-electron chi connectivity index (χ4n) is 2.10. The van der Waals surface area contributed by atoms with Crippen LogP contribution in [0, 0.1) is 5.82 Å². The van der Waals surface area contributed by atoms with Gasteiger partial charge < -0.3 is 14.9 Å². The van der Waals surface area contributed by atoms with Crippen LogP contribution in [-0.4, -0.2) is 14.1 Å². The Bertz CT molecular complexity index is 642. The molecule has 4 nitrogen and oxygen atoms in total. The molecule has 0 saturated carbocycles. The number of rotatable bonds is 3. The number of halogens is 2. The van der Waals surface area contributed by atoms with Crippen molar-refractivity contribution < 1.29 is 18.3 Å². The first-order chi connectivity index (χ1) is 9.54. The number of ketones is 1. The van der Waals surface area contributed by atoms with Crippen LogP contribution in [0.25, 0.3) is 0 Å². The highest BCUT2D eigenvalue weighted by Crippen LogP contribution is 2.39. The number of ether oxygens (including phenoxy) is 1. The van der Waals surface area contributed by atoms with Crippen LogP contribution in [0.1, 0.15) is 12.5 Å². The molecule has 7 heteroatoms. The van der Waals surface area contributed by atoms with Gasteiger partial charge in [0.05, 0.1) is 0 Å². The van der Waals surface area contributed by atoms with Gasteiger partial charge in [0.15, 0.2) is 0 Å². The monoisotopic (exact) mass is 329 g/mol. The summed E-state index contributed by atoms with van der Waals surface area (Å²) in [6.07, 6.45) is 0. The highest BCUT2D eigenvalue weighted by atomic mass is 35.5. The van der Waals surface area contributed by atoms with Crippen LogP contribution < -0.4 is 5.73 Å².